The van der Waals surface area contributed by atoms with Crippen molar-refractivity contribution in [1.29, 1.82) is 0 Å². The van der Waals surface area contributed by atoms with E-state index in [2.05, 4.69) is 5.32 Å². The van der Waals surface area contributed by atoms with E-state index in [0.717, 1.165) is 12.8 Å². The fourth-order valence-electron chi connectivity index (χ4n) is 2.68. The number of alkyl carbamates (subject to hydrolysis) is 1. The molecule has 0 saturated heterocycles. The van der Waals surface area contributed by atoms with Crippen LogP contribution >= 0.6 is 11.6 Å². The van der Waals surface area contributed by atoms with Gasteiger partial charge in [-0.25, -0.2) is 4.79 Å². The van der Waals surface area contributed by atoms with Crippen LogP contribution in [0.5, 0.6) is 5.75 Å². The van der Waals surface area contributed by atoms with Crippen LogP contribution in [0.25, 0.3) is 0 Å². The number of hydrogen-bond acceptors (Lipinski definition) is 6. The van der Waals surface area contributed by atoms with Gasteiger partial charge in [0.05, 0.1) is 12.7 Å². The summed E-state index contributed by atoms with van der Waals surface area (Å²) < 4.78 is 16.4. The normalized spacial score (nSPS) is 16.4. The first-order valence-corrected chi connectivity index (χ1v) is 9.06. The Kier molecular flexibility index (Phi) is 7.17. The van der Waals surface area contributed by atoms with Gasteiger partial charge in [-0.1, -0.05) is 11.6 Å². The maximum atomic E-state index is 11.5. The molecule has 144 valence electrons. The zero-order valence-electron chi connectivity index (χ0n) is 15.4. The Morgan fingerprint density at radius 3 is 2.81 bits per heavy atom. The fraction of sp³-hybridized carbons (Fsp3) is 0.588. The number of unbranched alkanes of at least 4 members (excludes halogenated alkanes) is 1. The zero-order chi connectivity index (χ0) is 19.3. The number of nitrogens with two attached hydrogens (primary N) is 1. The van der Waals surface area contributed by atoms with Crippen LogP contribution < -0.4 is 21.3 Å². The minimum atomic E-state index is -1.10. The molecule has 26 heavy (non-hydrogen) atoms. The average Bonchev–Trinajstić information content (AvgIpc) is 2.89. The van der Waals surface area contributed by atoms with E-state index >= 15 is 0 Å². The third-order valence-corrected chi connectivity index (χ3v) is 4.10. The summed E-state index contributed by atoms with van der Waals surface area (Å²) in [5.41, 5.74) is 6.39. The van der Waals surface area contributed by atoms with E-state index in [-0.39, 0.29) is 6.54 Å². The number of rotatable bonds is 7. The van der Waals surface area contributed by atoms with E-state index in [0.29, 0.717) is 35.0 Å². The highest BCUT2D eigenvalue weighted by Gasteiger charge is 2.39. The molecule has 0 aromatic heterocycles. The molecule has 1 aliphatic heterocycles. The highest BCUT2D eigenvalue weighted by molar-refractivity contribution is 6.63. The molecule has 1 atom stereocenters. The molecular weight excluding hydrogens is 358 g/mol. The Morgan fingerprint density at radius 1 is 1.42 bits per heavy atom. The summed E-state index contributed by atoms with van der Waals surface area (Å²) in [6, 6.07) is 3.43. The van der Waals surface area contributed by atoms with E-state index in [1.807, 2.05) is 20.8 Å². The summed E-state index contributed by atoms with van der Waals surface area (Å²) in [6.07, 6.45) is 0.598. The Hall–Kier alpha value is -1.48. The van der Waals surface area contributed by atoms with Gasteiger partial charge in [0.1, 0.15) is 11.4 Å². The van der Waals surface area contributed by atoms with Crippen molar-refractivity contribution < 1.29 is 23.9 Å². The summed E-state index contributed by atoms with van der Waals surface area (Å²) in [5.74, 6) is 0.535. The van der Waals surface area contributed by atoms with Gasteiger partial charge in [0, 0.05) is 29.1 Å². The number of benzene rings is 1. The number of fused-ring (bicyclic) bond motifs is 1. The molecule has 0 fully saturated rings. The van der Waals surface area contributed by atoms with Crippen molar-refractivity contribution in [2.75, 3.05) is 19.7 Å². The van der Waals surface area contributed by atoms with E-state index in [4.69, 9.17) is 31.5 Å². The van der Waals surface area contributed by atoms with Crippen molar-refractivity contribution in [3.05, 3.63) is 22.7 Å². The monoisotopic (exact) mass is 384 g/mol. The predicted octanol–water partition coefficient (Wildman–Crippen LogP) is 1.74. The number of carbonyl (C=O) groups excluding carboxylic acids is 1. The van der Waals surface area contributed by atoms with Gasteiger partial charge in [-0.2, -0.15) is 0 Å². The van der Waals surface area contributed by atoms with Crippen LogP contribution in [0.15, 0.2) is 12.1 Å². The van der Waals surface area contributed by atoms with E-state index in [1.54, 1.807) is 12.1 Å². The SMILES string of the molecule is CC(C)(C)OC(=O)NCCCCOc1ccc(Cl)c2c1B(O)OC2CN. The topological polar surface area (TPSA) is 103 Å². The Bertz CT molecular complexity index is 638. The van der Waals surface area contributed by atoms with Crippen molar-refractivity contribution in [3.63, 3.8) is 0 Å². The minimum Gasteiger partial charge on any atom is -0.494 e. The first kappa shape index (κ1) is 20.8. The lowest BCUT2D eigenvalue weighted by molar-refractivity contribution is 0.0526. The van der Waals surface area contributed by atoms with Crippen LogP contribution in [0.1, 0.15) is 45.3 Å². The molecule has 1 aliphatic rings. The fourth-order valence-corrected chi connectivity index (χ4v) is 2.96. The lowest BCUT2D eigenvalue weighted by Crippen LogP contribution is -2.33. The molecule has 1 unspecified atom stereocenters. The second-order valence-corrected chi connectivity index (χ2v) is 7.48. The third-order valence-electron chi connectivity index (χ3n) is 3.77. The first-order chi connectivity index (χ1) is 12.2. The molecule has 1 aromatic carbocycles. The molecule has 0 bridgehead atoms. The van der Waals surface area contributed by atoms with Crippen LogP contribution in [0.4, 0.5) is 4.79 Å². The van der Waals surface area contributed by atoms with Gasteiger partial charge in [0.2, 0.25) is 0 Å². The lowest BCUT2D eigenvalue weighted by atomic mass is 9.78. The van der Waals surface area contributed by atoms with Crippen LogP contribution in [0.3, 0.4) is 0 Å². The second kappa shape index (κ2) is 8.95. The van der Waals surface area contributed by atoms with Crippen LogP contribution in [0.2, 0.25) is 5.02 Å². The number of halogens is 1. The standard InChI is InChI=1S/C17H26BClN2O5/c1-17(2,3)25-16(22)21-8-4-5-9-24-12-7-6-11(19)14-13(10-20)26-18(23)15(12)14/h6-7,13,23H,4-5,8-10,20H2,1-3H3,(H,21,22). The van der Waals surface area contributed by atoms with Gasteiger partial charge < -0.3 is 30.2 Å². The summed E-state index contributed by atoms with van der Waals surface area (Å²) >= 11 is 6.20. The number of amides is 1. The van der Waals surface area contributed by atoms with Gasteiger partial charge >= 0.3 is 13.2 Å². The summed E-state index contributed by atoms with van der Waals surface area (Å²) in [5, 5.41) is 13.3. The van der Waals surface area contributed by atoms with Crippen LogP contribution in [-0.2, 0) is 9.39 Å². The molecule has 1 aromatic rings. The molecule has 0 aliphatic carbocycles. The molecule has 2 rings (SSSR count). The average molecular weight is 385 g/mol. The van der Waals surface area contributed by atoms with Crippen molar-refractivity contribution in [3.8, 4) is 5.75 Å². The van der Waals surface area contributed by atoms with Crippen molar-refractivity contribution in [2.45, 2.75) is 45.3 Å². The van der Waals surface area contributed by atoms with Gasteiger partial charge in [0.15, 0.2) is 0 Å². The first-order valence-electron chi connectivity index (χ1n) is 8.68. The van der Waals surface area contributed by atoms with Gasteiger partial charge in [-0.3, -0.25) is 0 Å². The van der Waals surface area contributed by atoms with Crippen LogP contribution in [-0.4, -0.2) is 43.5 Å². The number of hydrogen-bond donors (Lipinski definition) is 3. The number of nitrogens with one attached hydrogen (secondary N) is 1. The van der Waals surface area contributed by atoms with Crippen molar-refractivity contribution in [1.82, 2.24) is 5.32 Å². The number of ether oxygens (including phenoxy) is 2. The maximum Gasteiger partial charge on any atom is 0.495 e. The van der Waals surface area contributed by atoms with E-state index in [9.17, 15) is 9.82 Å². The van der Waals surface area contributed by atoms with E-state index < -0.39 is 24.9 Å². The largest absolute Gasteiger partial charge is 0.495 e. The van der Waals surface area contributed by atoms with Gasteiger partial charge in [0.25, 0.3) is 0 Å². The second-order valence-electron chi connectivity index (χ2n) is 7.07. The predicted molar refractivity (Wildman–Crippen MR) is 101 cm³/mol. The van der Waals surface area contributed by atoms with Crippen LogP contribution in [0, 0.1) is 0 Å². The lowest BCUT2D eigenvalue weighted by Gasteiger charge is -2.19. The summed E-state index contributed by atoms with van der Waals surface area (Å²) in [7, 11) is -1.10. The van der Waals surface area contributed by atoms with Crippen molar-refractivity contribution in [2.24, 2.45) is 5.73 Å². The highest BCUT2D eigenvalue weighted by atomic mass is 35.5. The molecular formula is C17H26BClN2O5. The summed E-state index contributed by atoms with van der Waals surface area (Å²) in [6.45, 7) is 6.61. The molecule has 7 nitrogen and oxygen atoms in total. The third kappa shape index (κ3) is 5.51. The van der Waals surface area contributed by atoms with Crippen molar-refractivity contribution >= 4 is 30.3 Å². The molecule has 1 amide bonds. The minimum absolute atomic E-state index is 0.226. The molecule has 0 spiro atoms. The number of carbonyl (C=O) groups is 1. The smallest absolute Gasteiger partial charge is 0.494 e. The maximum absolute atomic E-state index is 11.5. The zero-order valence-corrected chi connectivity index (χ0v) is 16.1. The highest BCUT2D eigenvalue weighted by Crippen LogP contribution is 2.32. The molecule has 1 heterocycles. The molecule has 9 heteroatoms. The Labute approximate surface area is 159 Å². The van der Waals surface area contributed by atoms with E-state index in [1.165, 1.54) is 0 Å². The quantitative estimate of drug-likeness (QED) is 0.489. The molecule has 0 saturated carbocycles. The van der Waals surface area contributed by atoms with Gasteiger partial charge in [-0.05, 0) is 45.7 Å². The van der Waals surface area contributed by atoms with Gasteiger partial charge in [-0.15, -0.1) is 0 Å². The Morgan fingerprint density at radius 2 is 2.15 bits per heavy atom. The Balaban J connectivity index is 1.79. The molecule has 0 radical (unpaired) electrons. The molecule has 4 N–H and O–H groups in total. The summed E-state index contributed by atoms with van der Waals surface area (Å²) in [4.78, 5) is 11.5.